The summed E-state index contributed by atoms with van der Waals surface area (Å²) >= 11 is 1.36. The van der Waals surface area contributed by atoms with Crippen LogP contribution >= 0.6 is 11.3 Å². The fourth-order valence-electron chi connectivity index (χ4n) is 1.73. The molecule has 0 atom stereocenters. The molecule has 116 valence electrons. The number of thiophene rings is 1. The molecule has 0 spiro atoms. The van der Waals surface area contributed by atoms with Gasteiger partial charge in [0.2, 0.25) is 10.0 Å². The van der Waals surface area contributed by atoms with Crippen molar-refractivity contribution in [3.8, 4) is 0 Å². The summed E-state index contributed by atoms with van der Waals surface area (Å²) in [7, 11) is -3.35. The Morgan fingerprint density at radius 1 is 1.30 bits per heavy atom. The third-order valence-corrected chi connectivity index (χ3v) is 6.16. The minimum absolute atomic E-state index is 0.423. The van der Waals surface area contributed by atoms with Crippen molar-refractivity contribution in [3.05, 3.63) is 16.5 Å². The molecule has 0 radical (unpaired) electrons. The fourth-order valence-corrected chi connectivity index (χ4v) is 4.38. The van der Waals surface area contributed by atoms with Crippen molar-refractivity contribution < 1.29 is 8.42 Å². The van der Waals surface area contributed by atoms with Crippen LogP contribution in [0.25, 0.3) is 0 Å². The van der Waals surface area contributed by atoms with E-state index in [9.17, 15) is 8.42 Å². The molecule has 0 aliphatic heterocycles. The molecular weight excluding hydrogens is 292 g/mol. The van der Waals surface area contributed by atoms with E-state index in [1.807, 2.05) is 6.92 Å². The first-order valence-electron chi connectivity index (χ1n) is 7.16. The number of hydrogen-bond acceptors (Lipinski definition) is 4. The average Bonchev–Trinajstić information content (AvgIpc) is 2.71. The zero-order chi connectivity index (χ0) is 15.2. The number of nitrogens with one attached hydrogen (secondary N) is 2. The first-order valence-corrected chi connectivity index (χ1v) is 9.46. The van der Waals surface area contributed by atoms with Gasteiger partial charge in [-0.15, -0.1) is 11.3 Å². The quantitative estimate of drug-likeness (QED) is 0.688. The second-order valence-electron chi connectivity index (χ2n) is 5.43. The lowest BCUT2D eigenvalue weighted by Crippen LogP contribution is -2.24. The van der Waals surface area contributed by atoms with E-state index in [2.05, 4.69) is 30.8 Å². The second-order valence-corrected chi connectivity index (χ2v) is 8.56. The predicted octanol–water partition coefficient (Wildman–Crippen LogP) is 2.88. The summed E-state index contributed by atoms with van der Waals surface area (Å²) in [5.41, 5.74) is 1.04. The Morgan fingerprint density at radius 3 is 2.60 bits per heavy atom. The Balaban J connectivity index is 2.68. The minimum Gasteiger partial charge on any atom is -0.312 e. The largest absolute Gasteiger partial charge is 0.312 e. The van der Waals surface area contributed by atoms with Crippen LogP contribution in [0.3, 0.4) is 0 Å². The normalized spacial score (nSPS) is 12.2. The number of rotatable bonds is 9. The Kier molecular flexibility index (Phi) is 7.15. The van der Waals surface area contributed by atoms with Crippen LogP contribution in [0.2, 0.25) is 0 Å². The first kappa shape index (κ1) is 17.6. The summed E-state index contributed by atoms with van der Waals surface area (Å²) in [6, 6.07) is 1.77. The van der Waals surface area contributed by atoms with Gasteiger partial charge in [0.25, 0.3) is 0 Å². The van der Waals surface area contributed by atoms with Crippen molar-refractivity contribution in [1.82, 2.24) is 10.0 Å². The molecule has 1 aromatic rings. The molecule has 0 aromatic carbocycles. The van der Waals surface area contributed by atoms with Gasteiger partial charge in [0.05, 0.1) is 0 Å². The molecule has 0 fully saturated rings. The van der Waals surface area contributed by atoms with E-state index in [4.69, 9.17) is 0 Å². The van der Waals surface area contributed by atoms with Crippen LogP contribution in [0.1, 0.15) is 44.1 Å². The van der Waals surface area contributed by atoms with E-state index < -0.39 is 10.0 Å². The molecule has 4 nitrogen and oxygen atoms in total. The lowest BCUT2D eigenvalue weighted by atomic mass is 10.1. The fraction of sp³-hybridized carbons (Fsp3) is 0.714. The van der Waals surface area contributed by atoms with Gasteiger partial charge in [0, 0.05) is 18.0 Å². The minimum atomic E-state index is -3.35. The van der Waals surface area contributed by atoms with E-state index >= 15 is 0 Å². The van der Waals surface area contributed by atoms with E-state index in [1.54, 1.807) is 6.07 Å². The van der Waals surface area contributed by atoms with Crippen LogP contribution in [-0.4, -0.2) is 21.5 Å². The van der Waals surface area contributed by atoms with Crippen molar-refractivity contribution in [2.75, 3.05) is 13.1 Å². The first-order chi connectivity index (χ1) is 9.36. The summed E-state index contributed by atoms with van der Waals surface area (Å²) in [6.45, 7) is 10.4. The highest BCUT2D eigenvalue weighted by Gasteiger charge is 2.18. The summed E-state index contributed by atoms with van der Waals surface area (Å²) < 4.78 is 27.5. The molecule has 0 aliphatic carbocycles. The van der Waals surface area contributed by atoms with E-state index in [0.29, 0.717) is 16.7 Å². The Morgan fingerprint density at radius 2 is 2.00 bits per heavy atom. The smallest absolute Gasteiger partial charge is 0.250 e. The SMILES string of the molecule is CCCNCc1sc(S(=O)(=O)NCCC(C)C)cc1C. The third-order valence-electron chi connectivity index (χ3n) is 2.99. The van der Waals surface area contributed by atoms with Gasteiger partial charge >= 0.3 is 0 Å². The molecule has 20 heavy (non-hydrogen) atoms. The maximum absolute atomic E-state index is 12.2. The van der Waals surface area contributed by atoms with Crippen molar-refractivity contribution in [2.24, 2.45) is 5.92 Å². The molecule has 0 amide bonds. The maximum Gasteiger partial charge on any atom is 0.250 e. The van der Waals surface area contributed by atoms with E-state index in [-0.39, 0.29) is 0 Å². The Labute approximate surface area is 127 Å². The molecule has 1 aromatic heterocycles. The zero-order valence-electron chi connectivity index (χ0n) is 12.8. The van der Waals surface area contributed by atoms with Gasteiger partial charge < -0.3 is 5.32 Å². The molecule has 6 heteroatoms. The van der Waals surface area contributed by atoms with Crippen LogP contribution in [-0.2, 0) is 16.6 Å². The third kappa shape index (κ3) is 5.52. The summed E-state index contributed by atoms with van der Waals surface area (Å²) in [4.78, 5) is 1.10. The molecule has 0 saturated heterocycles. The standard InChI is InChI=1S/C14H26N2O2S2/c1-5-7-15-10-13-12(4)9-14(19-13)20(17,18)16-8-6-11(2)3/h9,11,15-16H,5-8,10H2,1-4H3. The lowest BCUT2D eigenvalue weighted by molar-refractivity contribution is 0.553. The van der Waals surface area contributed by atoms with Gasteiger partial charge in [-0.3, -0.25) is 0 Å². The van der Waals surface area contributed by atoms with Crippen LogP contribution < -0.4 is 10.0 Å². The number of sulfonamides is 1. The predicted molar refractivity (Wildman–Crippen MR) is 85.7 cm³/mol. The highest BCUT2D eigenvalue weighted by molar-refractivity contribution is 7.91. The molecular formula is C14H26N2O2S2. The zero-order valence-corrected chi connectivity index (χ0v) is 14.5. The van der Waals surface area contributed by atoms with Crippen molar-refractivity contribution in [1.29, 1.82) is 0 Å². The highest BCUT2D eigenvalue weighted by atomic mass is 32.2. The lowest BCUT2D eigenvalue weighted by Gasteiger charge is -2.06. The number of hydrogen-bond donors (Lipinski definition) is 2. The van der Waals surface area contributed by atoms with Gasteiger partial charge in [0.15, 0.2) is 0 Å². The molecule has 1 rings (SSSR count). The van der Waals surface area contributed by atoms with Gasteiger partial charge in [-0.05, 0) is 43.9 Å². The van der Waals surface area contributed by atoms with Crippen molar-refractivity contribution in [3.63, 3.8) is 0 Å². The molecule has 1 heterocycles. The molecule has 0 unspecified atom stereocenters. The Hall–Kier alpha value is -0.430. The van der Waals surface area contributed by atoms with Gasteiger partial charge in [-0.2, -0.15) is 0 Å². The number of aryl methyl sites for hydroxylation is 1. The Bertz CT molecular complexity index is 507. The molecule has 0 bridgehead atoms. The molecule has 2 N–H and O–H groups in total. The highest BCUT2D eigenvalue weighted by Crippen LogP contribution is 2.25. The summed E-state index contributed by atoms with van der Waals surface area (Å²) in [5.74, 6) is 0.497. The van der Waals surface area contributed by atoms with Crippen LogP contribution in [0.5, 0.6) is 0 Å². The van der Waals surface area contributed by atoms with Crippen molar-refractivity contribution >= 4 is 21.4 Å². The van der Waals surface area contributed by atoms with Gasteiger partial charge in [-0.25, -0.2) is 13.1 Å². The van der Waals surface area contributed by atoms with Crippen LogP contribution in [0.15, 0.2) is 10.3 Å². The summed E-state index contributed by atoms with van der Waals surface area (Å²) in [5, 5.41) is 3.31. The monoisotopic (exact) mass is 318 g/mol. The van der Waals surface area contributed by atoms with Gasteiger partial charge in [0.1, 0.15) is 4.21 Å². The summed E-state index contributed by atoms with van der Waals surface area (Å²) in [6.07, 6.45) is 1.93. The molecule has 0 aliphatic rings. The second kappa shape index (κ2) is 8.12. The van der Waals surface area contributed by atoms with Crippen molar-refractivity contribution in [2.45, 2.75) is 51.3 Å². The van der Waals surface area contributed by atoms with Crippen LogP contribution in [0, 0.1) is 12.8 Å². The van der Waals surface area contributed by atoms with Crippen LogP contribution in [0.4, 0.5) is 0 Å². The maximum atomic E-state index is 12.2. The van der Waals surface area contributed by atoms with E-state index in [0.717, 1.165) is 36.4 Å². The topological polar surface area (TPSA) is 58.2 Å². The van der Waals surface area contributed by atoms with Gasteiger partial charge in [-0.1, -0.05) is 20.8 Å². The van der Waals surface area contributed by atoms with E-state index in [1.165, 1.54) is 11.3 Å². The molecule has 0 saturated carbocycles. The average molecular weight is 319 g/mol.